The number of nitrogens with two attached hydrogens (primary N) is 1. The molecule has 0 amide bonds. The first kappa shape index (κ1) is 14.5. The summed E-state index contributed by atoms with van der Waals surface area (Å²) in [5, 5.41) is 11.3. The van der Waals surface area contributed by atoms with E-state index in [2.05, 4.69) is 25.9 Å². The molecule has 0 saturated heterocycles. The molecular weight excluding hydrogens is 352 g/mol. The highest BCUT2D eigenvalue weighted by atomic mass is 79.9. The second-order valence-electron chi connectivity index (χ2n) is 3.75. The van der Waals surface area contributed by atoms with Crippen LogP contribution in [0, 0.1) is 17.0 Å². The minimum absolute atomic E-state index is 0.115. The van der Waals surface area contributed by atoms with Crippen LogP contribution in [0.5, 0.6) is 11.6 Å². The summed E-state index contributed by atoms with van der Waals surface area (Å²) in [6.45, 7) is 1.45. The van der Waals surface area contributed by atoms with Gasteiger partial charge in [0.1, 0.15) is 11.4 Å². The van der Waals surface area contributed by atoms with E-state index >= 15 is 0 Å². The molecule has 7 nitrogen and oxygen atoms in total. The molecule has 0 unspecified atom stereocenters. The van der Waals surface area contributed by atoms with Gasteiger partial charge in [0, 0.05) is 4.47 Å². The lowest BCUT2D eigenvalue weighted by Crippen LogP contribution is -2.04. The van der Waals surface area contributed by atoms with Crippen LogP contribution in [0.3, 0.4) is 0 Å². The molecule has 0 aliphatic rings. The molecule has 0 spiro atoms. The largest absolute Gasteiger partial charge is 0.432 e. The van der Waals surface area contributed by atoms with Gasteiger partial charge in [0.2, 0.25) is 5.95 Å². The molecule has 104 valence electrons. The predicted molar refractivity (Wildman–Crippen MR) is 77.1 cm³/mol. The summed E-state index contributed by atoms with van der Waals surface area (Å²) in [4.78, 5) is 17.9. The number of hydrogen-bond acceptors (Lipinski definition) is 6. The van der Waals surface area contributed by atoms with Crippen LogP contribution in [-0.2, 0) is 0 Å². The van der Waals surface area contributed by atoms with Crippen molar-refractivity contribution in [1.82, 2.24) is 9.97 Å². The summed E-state index contributed by atoms with van der Waals surface area (Å²) in [5.41, 5.74) is 5.25. The maximum Gasteiger partial charge on any atom is 0.352 e. The van der Waals surface area contributed by atoms with E-state index in [-0.39, 0.29) is 34.0 Å². The van der Waals surface area contributed by atoms with E-state index in [1.807, 2.05) is 0 Å². The Labute approximate surface area is 127 Å². The van der Waals surface area contributed by atoms with Crippen LogP contribution < -0.4 is 10.5 Å². The second-order valence-corrected chi connectivity index (χ2v) is 5.08. The van der Waals surface area contributed by atoms with Gasteiger partial charge in [0.15, 0.2) is 0 Å². The van der Waals surface area contributed by atoms with Crippen molar-refractivity contribution in [3.05, 3.63) is 43.5 Å². The van der Waals surface area contributed by atoms with Crippen molar-refractivity contribution in [1.29, 1.82) is 0 Å². The van der Waals surface area contributed by atoms with Crippen molar-refractivity contribution in [2.24, 2.45) is 0 Å². The number of aromatic nitrogens is 2. The maximum absolute atomic E-state index is 11.0. The van der Waals surface area contributed by atoms with Gasteiger partial charge >= 0.3 is 11.6 Å². The third kappa shape index (κ3) is 2.97. The molecule has 0 saturated carbocycles. The molecule has 2 rings (SSSR count). The first-order valence-corrected chi connectivity index (χ1v) is 6.47. The Balaban J connectivity index is 2.50. The molecule has 0 bridgehead atoms. The van der Waals surface area contributed by atoms with E-state index in [0.29, 0.717) is 0 Å². The van der Waals surface area contributed by atoms with E-state index in [9.17, 15) is 10.1 Å². The SMILES string of the molecule is Cc1nc(N)nc(Oc2ccc(Br)cc2Cl)c1[N+](=O)[O-]. The third-order valence-corrected chi connectivity index (χ3v) is 3.12. The summed E-state index contributed by atoms with van der Waals surface area (Å²) in [6, 6.07) is 4.84. The quantitative estimate of drug-likeness (QED) is 0.664. The minimum Gasteiger partial charge on any atom is -0.432 e. The average Bonchev–Trinajstić information content (AvgIpc) is 2.31. The smallest absolute Gasteiger partial charge is 0.352 e. The third-order valence-electron chi connectivity index (χ3n) is 2.33. The molecule has 20 heavy (non-hydrogen) atoms. The van der Waals surface area contributed by atoms with Crippen LogP contribution in [0.2, 0.25) is 5.02 Å². The van der Waals surface area contributed by atoms with Crippen molar-refractivity contribution in [2.75, 3.05) is 5.73 Å². The molecule has 1 aromatic carbocycles. The van der Waals surface area contributed by atoms with Crippen LogP contribution >= 0.6 is 27.5 Å². The summed E-state index contributed by atoms with van der Waals surface area (Å²) in [6.07, 6.45) is 0. The normalized spacial score (nSPS) is 10.3. The summed E-state index contributed by atoms with van der Waals surface area (Å²) in [7, 11) is 0. The zero-order valence-corrected chi connectivity index (χ0v) is 12.5. The first-order valence-electron chi connectivity index (χ1n) is 5.30. The van der Waals surface area contributed by atoms with Gasteiger partial charge in [-0.25, -0.2) is 4.98 Å². The Morgan fingerprint density at radius 1 is 1.45 bits per heavy atom. The summed E-state index contributed by atoms with van der Waals surface area (Å²) in [5.74, 6) is -0.129. The Bertz CT molecular complexity index is 696. The predicted octanol–water partition coefficient (Wildman–Crippen LogP) is 3.48. The lowest BCUT2D eigenvalue weighted by atomic mass is 10.3. The van der Waals surface area contributed by atoms with Gasteiger partial charge in [-0.3, -0.25) is 10.1 Å². The molecule has 9 heteroatoms. The highest BCUT2D eigenvalue weighted by Crippen LogP contribution is 2.36. The molecule has 0 atom stereocenters. The topological polar surface area (TPSA) is 104 Å². The molecule has 0 fully saturated rings. The van der Waals surface area contributed by atoms with Crippen molar-refractivity contribution in [3.8, 4) is 11.6 Å². The Morgan fingerprint density at radius 2 is 2.15 bits per heavy atom. The summed E-state index contributed by atoms with van der Waals surface area (Å²) >= 11 is 9.24. The Morgan fingerprint density at radius 3 is 2.75 bits per heavy atom. The fourth-order valence-corrected chi connectivity index (χ4v) is 2.22. The number of nitrogen functional groups attached to an aromatic ring is 1. The van der Waals surface area contributed by atoms with Gasteiger partial charge in [0.25, 0.3) is 0 Å². The number of hydrogen-bond donors (Lipinski definition) is 1. The molecule has 0 aliphatic heterocycles. The van der Waals surface area contributed by atoms with Crippen molar-refractivity contribution < 1.29 is 9.66 Å². The van der Waals surface area contributed by atoms with Crippen LogP contribution in [0.15, 0.2) is 22.7 Å². The van der Waals surface area contributed by atoms with E-state index < -0.39 is 4.92 Å². The van der Waals surface area contributed by atoms with Gasteiger partial charge in [-0.2, -0.15) is 4.98 Å². The van der Waals surface area contributed by atoms with Gasteiger partial charge < -0.3 is 10.5 Å². The maximum atomic E-state index is 11.0. The van der Waals surface area contributed by atoms with Gasteiger partial charge in [-0.1, -0.05) is 27.5 Å². The zero-order valence-electron chi connectivity index (χ0n) is 10.1. The second kappa shape index (κ2) is 5.59. The molecular formula is C11H8BrClN4O3. The Kier molecular flexibility index (Phi) is 4.05. The molecule has 1 heterocycles. The molecule has 2 N–H and O–H groups in total. The first-order chi connectivity index (χ1) is 9.38. The fraction of sp³-hybridized carbons (Fsp3) is 0.0909. The van der Waals surface area contributed by atoms with Crippen LogP contribution in [-0.4, -0.2) is 14.9 Å². The number of nitro groups is 1. The summed E-state index contributed by atoms with van der Waals surface area (Å²) < 4.78 is 6.15. The van der Waals surface area contributed by atoms with E-state index in [1.54, 1.807) is 18.2 Å². The Hall–Kier alpha value is -1.93. The van der Waals surface area contributed by atoms with Gasteiger partial charge in [-0.05, 0) is 25.1 Å². The monoisotopic (exact) mass is 358 g/mol. The van der Waals surface area contributed by atoms with E-state index in [0.717, 1.165) is 4.47 Å². The number of nitrogens with zero attached hydrogens (tertiary/aromatic N) is 3. The lowest BCUT2D eigenvalue weighted by Gasteiger charge is -2.08. The van der Waals surface area contributed by atoms with Crippen molar-refractivity contribution >= 4 is 39.2 Å². The molecule has 0 aliphatic carbocycles. The van der Waals surface area contributed by atoms with Gasteiger partial charge in [-0.15, -0.1) is 0 Å². The number of anilines is 1. The number of benzene rings is 1. The van der Waals surface area contributed by atoms with Crippen LogP contribution in [0.1, 0.15) is 5.69 Å². The number of aryl methyl sites for hydroxylation is 1. The molecule has 1 aromatic heterocycles. The van der Waals surface area contributed by atoms with Crippen LogP contribution in [0.4, 0.5) is 11.6 Å². The van der Waals surface area contributed by atoms with Crippen LogP contribution in [0.25, 0.3) is 0 Å². The van der Waals surface area contributed by atoms with E-state index in [4.69, 9.17) is 22.1 Å². The highest BCUT2D eigenvalue weighted by molar-refractivity contribution is 9.10. The molecule has 0 radical (unpaired) electrons. The fourth-order valence-electron chi connectivity index (χ4n) is 1.51. The zero-order chi connectivity index (χ0) is 14.9. The minimum atomic E-state index is -0.628. The van der Waals surface area contributed by atoms with Crippen molar-refractivity contribution in [2.45, 2.75) is 6.92 Å². The lowest BCUT2D eigenvalue weighted by molar-refractivity contribution is -0.386. The number of rotatable bonds is 3. The highest BCUT2D eigenvalue weighted by Gasteiger charge is 2.24. The standard InChI is InChI=1S/C11H8BrClN4O3/c1-5-9(17(18)19)10(16-11(14)15-5)20-8-3-2-6(12)4-7(8)13/h2-4H,1H3,(H2,14,15,16). The number of halogens is 2. The molecule has 2 aromatic rings. The average molecular weight is 360 g/mol. The van der Waals surface area contributed by atoms with E-state index in [1.165, 1.54) is 6.92 Å². The van der Waals surface area contributed by atoms with Crippen molar-refractivity contribution in [3.63, 3.8) is 0 Å². The number of ether oxygens (including phenoxy) is 1. The van der Waals surface area contributed by atoms with Gasteiger partial charge in [0.05, 0.1) is 9.95 Å².